The van der Waals surface area contributed by atoms with Crippen molar-refractivity contribution in [2.75, 3.05) is 19.7 Å². The molecule has 1 heterocycles. The fourth-order valence-corrected chi connectivity index (χ4v) is 1.28. The highest BCUT2D eigenvalue weighted by molar-refractivity contribution is 5.98. The molecular formula is C11H16N4O3. The van der Waals surface area contributed by atoms with Gasteiger partial charge in [-0.25, -0.2) is 14.6 Å². The smallest absolute Gasteiger partial charge is 0.335 e. The fraction of sp³-hybridized carbons (Fsp3) is 0.364. The highest BCUT2D eigenvalue weighted by Crippen LogP contribution is 2.02. The maximum atomic E-state index is 11.4. The molecule has 18 heavy (non-hydrogen) atoms. The number of ether oxygens (including phenoxy) is 1. The highest BCUT2D eigenvalue weighted by atomic mass is 16.5. The topological polar surface area (TPSA) is 97.0 Å². The van der Waals surface area contributed by atoms with E-state index in [1.165, 1.54) is 0 Å². The van der Waals surface area contributed by atoms with E-state index in [-0.39, 0.29) is 24.7 Å². The van der Waals surface area contributed by atoms with Gasteiger partial charge in [0, 0.05) is 11.8 Å². The molecule has 0 aliphatic carbocycles. The molecule has 0 saturated carbocycles. The molecule has 1 aliphatic heterocycles. The average molecular weight is 252 g/mol. The summed E-state index contributed by atoms with van der Waals surface area (Å²) >= 11 is 0. The van der Waals surface area contributed by atoms with Crippen LogP contribution >= 0.6 is 0 Å². The maximum absolute atomic E-state index is 11.4. The van der Waals surface area contributed by atoms with Crippen molar-refractivity contribution in [3.63, 3.8) is 0 Å². The van der Waals surface area contributed by atoms with Crippen molar-refractivity contribution >= 4 is 18.0 Å². The Kier molecular flexibility index (Phi) is 4.91. The number of aliphatic imine (C=N–C) groups is 1. The second kappa shape index (κ2) is 6.43. The first kappa shape index (κ1) is 13.8. The second-order valence-corrected chi connectivity index (χ2v) is 3.46. The second-order valence-electron chi connectivity index (χ2n) is 3.46. The lowest BCUT2D eigenvalue weighted by Crippen LogP contribution is -2.48. The van der Waals surface area contributed by atoms with Crippen LogP contribution in [0.15, 0.2) is 29.4 Å². The van der Waals surface area contributed by atoms with Crippen molar-refractivity contribution in [2.45, 2.75) is 6.92 Å². The number of carbonyl (C=O) groups excluding carboxylic acids is 2. The number of nitrogens with two attached hydrogens (primary N) is 1. The van der Waals surface area contributed by atoms with Crippen molar-refractivity contribution < 1.29 is 14.3 Å². The quantitative estimate of drug-likeness (QED) is 0.542. The number of hydrogen-bond acceptors (Lipinski definition) is 5. The third-order valence-corrected chi connectivity index (χ3v) is 2.11. The zero-order valence-electron chi connectivity index (χ0n) is 10.2. The minimum atomic E-state index is -0.720. The number of guanidine groups is 1. The molecule has 98 valence electrons. The number of carbonyl (C=O) groups is 2. The van der Waals surface area contributed by atoms with Gasteiger partial charge < -0.3 is 15.8 Å². The lowest BCUT2D eigenvalue weighted by molar-refractivity contribution is -0.138. The number of nitrogens with one attached hydrogen (secondary N) is 1. The van der Waals surface area contributed by atoms with Gasteiger partial charge in [0.15, 0.2) is 0 Å². The lowest BCUT2D eigenvalue weighted by atomic mass is 10.3. The van der Waals surface area contributed by atoms with Gasteiger partial charge >= 0.3 is 12.0 Å². The molecule has 1 rings (SSSR count). The largest absolute Gasteiger partial charge is 0.463 e. The Morgan fingerprint density at radius 1 is 1.67 bits per heavy atom. The van der Waals surface area contributed by atoms with Crippen LogP contribution in [-0.4, -0.2) is 42.6 Å². The Morgan fingerprint density at radius 2 is 2.39 bits per heavy atom. The first-order valence-corrected chi connectivity index (χ1v) is 5.44. The average Bonchev–Trinajstić information content (AvgIpc) is 2.36. The molecular weight excluding hydrogens is 236 g/mol. The minimum Gasteiger partial charge on any atom is -0.463 e. The SMILES string of the molecule is C=C(CN(C(N)=O)C1=NCC=CN1)C(=O)OCC. The highest BCUT2D eigenvalue weighted by Gasteiger charge is 2.21. The Labute approximate surface area is 105 Å². The molecule has 0 radical (unpaired) electrons. The molecule has 7 heteroatoms. The summed E-state index contributed by atoms with van der Waals surface area (Å²) in [4.78, 5) is 27.9. The van der Waals surface area contributed by atoms with E-state index in [1.807, 2.05) is 0 Å². The van der Waals surface area contributed by atoms with Crippen molar-refractivity contribution in [3.8, 4) is 0 Å². The zero-order chi connectivity index (χ0) is 13.5. The van der Waals surface area contributed by atoms with E-state index < -0.39 is 12.0 Å². The third-order valence-electron chi connectivity index (χ3n) is 2.11. The number of rotatable bonds is 4. The van der Waals surface area contributed by atoms with Crippen LogP contribution in [0, 0.1) is 0 Å². The van der Waals surface area contributed by atoms with Crippen LogP contribution in [0.3, 0.4) is 0 Å². The zero-order valence-corrected chi connectivity index (χ0v) is 10.2. The van der Waals surface area contributed by atoms with E-state index in [9.17, 15) is 9.59 Å². The standard InChI is InChI=1S/C11H16N4O3/c1-3-18-9(16)8(2)7-15(10(12)17)11-13-5-4-6-14-11/h4-5H,2-3,6-7H2,1H3,(H2,12,17)(H,13,14). The molecule has 0 aromatic heterocycles. The number of nitrogens with zero attached hydrogens (tertiary/aromatic N) is 2. The van der Waals surface area contributed by atoms with Crippen LogP contribution in [0.25, 0.3) is 0 Å². The van der Waals surface area contributed by atoms with Gasteiger partial charge in [0.05, 0.1) is 19.7 Å². The van der Waals surface area contributed by atoms with Crippen molar-refractivity contribution in [1.29, 1.82) is 0 Å². The molecule has 0 fully saturated rings. The summed E-state index contributed by atoms with van der Waals surface area (Å²) in [5.41, 5.74) is 5.37. The Balaban J connectivity index is 2.69. The molecule has 3 N–H and O–H groups in total. The number of amides is 2. The molecule has 0 aromatic carbocycles. The monoisotopic (exact) mass is 252 g/mol. The van der Waals surface area contributed by atoms with Crippen molar-refractivity contribution in [2.24, 2.45) is 10.7 Å². The van der Waals surface area contributed by atoms with Crippen LogP contribution < -0.4 is 11.1 Å². The van der Waals surface area contributed by atoms with Crippen LogP contribution in [0.2, 0.25) is 0 Å². The third kappa shape index (κ3) is 3.62. The molecule has 0 bridgehead atoms. The summed E-state index contributed by atoms with van der Waals surface area (Å²) in [5.74, 6) is -0.272. The van der Waals surface area contributed by atoms with E-state index in [2.05, 4.69) is 16.9 Å². The molecule has 0 aromatic rings. The molecule has 0 atom stereocenters. The number of primary amides is 1. The first-order chi connectivity index (χ1) is 8.56. The van der Waals surface area contributed by atoms with Crippen LogP contribution in [0.5, 0.6) is 0 Å². The van der Waals surface area contributed by atoms with E-state index >= 15 is 0 Å². The van der Waals surface area contributed by atoms with Gasteiger partial charge in [0.25, 0.3) is 0 Å². The van der Waals surface area contributed by atoms with E-state index in [4.69, 9.17) is 10.5 Å². The number of urea groups is 1. The van der Waals surface area contributed by atoms with Crippen LogP contribution in [-0.2, 0) is 9.53 Å². The summed E-state index contributed by atoms with van der Waals surface area (Å²) in [6.07, 6.45) is 3.42. The molecule has 0 saturated heterocycles. The lowest BCUT2D eigenvalue weighted by Gasteiger charge is -2.23. The van der Waals surface area contributed by atoms with Gasteiger partial charge in [0.2, 0.25) is 5.96 Å². The summed E-state index contributed by atoms with van der Waals surface area (Å²) in [7, 11) is 0. The summed E-state index contributed by atoms with van der Waals surface area (Å²) in [6, 6.07) is -0.720. The summed E-state index contributed by atoms with van der Waals surface area (Å²) in [5, 5.41) is 2.78. The maximum Gasteiger partial charge on any atom is 0.335 e. The number of hydrogen-bond donors (Lipinski definition) is 2. The van der Waals surface area contributed by atoms with Crippen LogP contribution in [0.1, 0.15) is 6.92 Å². The molecule has 2 amide bonds. The summed E-state index contributed by atoms with van der Waals surface area (Å²) in [6.45, 7) is 5.88. The van der Waals surface area contributed by atoms with E-state index in [0.29, 0.717) is 6.54 Å². The molecule has 1 aliphatic rings. The number of esters is 1. The predicted molar refractivity (Wildman–Crippen MR) is 66.6 cm³/mol. The van der Waals surface area contributed by atoms with Crippen molar-refractivity contribution in [3.05, 3.63) is 24.4 Å². The normalized spacial score (nSPS) is 13.3. The molecule has 0 spiro atoms. The van der Waals surface area contributed by atoms with Crippen molar-refractivity contribution in [1.82, 2.24) is 10.2 Å². The predicted octanol–water partition coefficient (Wildman–Crippen LogP) is -0.0407. The van der Waals surface area contributed by atoms with E-state index in [0.717, 1.165) is 4.90 Å². The van der Waals surface area contributed by atoms with Crippen LogP contribution in [0.4, 0.5) is 4.79 Å². The van der Waals surface area contributed by atoms with E-state index in [1.54, 1.807) is 19.2 Å². The molecule has 7 nitrogen and oxygen atoms in total. The van der Waals surface area contributed by atoms with Gasteiger partial charge in [0.1, 0.15) is 0 Å². The Bertz CT molecular complexity index is 415. The molecule has 0 unspecified atom stereocenters. The minimum absolute atomic E-state index is 0.0617. The van der Waals surface area contributed by atoms with Gasteiger partial charge in [-0.1, -0.05) is 6.58 Å². The summed E-state index contributed by atoms with van der Waals surface area (Å²) < 4.78 is 4.78. The first-order valence-electron chi connectivity index (χ1n) is 5.44. The Hall–Kier alpha value is -2.31. The fourth-order valence-electron chi connectivity index (χ4n) is 1.28. The van der Waals surface area contributed by atoms with Gasteiger partial charge in [-0.05, 0) is 13.0 Å². The van der Waals surface area contributed by atoms with Gasteiger partial charge in [-0.3, -0.25) is 4.90 Å². The van der Waals surface area contributed by atoms with Gasteiger partial charge in [-0.15, -0.1) is 0 Å². The Morgan fingerprint density at radius 3 is 2.89 bits per heavy atom. The van der Waals surface area contributed by atoms with Gasteiger partial charge in [-0.2, -0.15) is 0 Å².